The summed E-state index contributed by atoms with van der Waals surface area (Å²) < 4.78 is 18.6. The van der Waals surface area contributed by atoms with Crippen LogP contribution in [0.15, 0.2) is 24.3 Å². The molecule has 124 valence electrons. The lowest BCUT2D eigenvalue weighted by atomic mass is 10.2. The number of amides is 2. The molecule has 2 heterocycles. The largest absolute Gasteiger partial charge is 0.444 e. The second kappa shape index (κ2) is 5.51. The Morgan fingerprint density at radius 1 is 1.39 bits per heavy atom. The van der Waals surface area contributed by atoms with Crippen molar-refractivity contribution >= 4 is 12.0 Å². The van der Waals surface area contributed by atoms with Gasteiger partial charge >= 0.3 is 6.09 Å². The van der Waals surface area contributed by atoms with E-state index in [0.717, 1.165) is 5.56 Å². The number of nitrogens with zero attached hydrogens (tertiary/aromatic N) is 2. The quantitative estimate of drug-likeness (QED) is 0.841. The van der Waals surface area contributed by atoms with Crippen LogP contribution < -0.4 is 0 Å². The number of hydrogen-bond acceptors (Lipinski definition) is 3. The Kier molecular flexibility index (Phi) is 3.78. The highest BCUT2D eigenvalue weighted by atomic mass is 19.1. The molecule has 23 heavy (non-hydrogen) atoms. The Balaban J connectivity index is 1.67. The number of likely N-dealkylation sites (tertiary alicyclic amines) is 2. The number of piperazine rings is 1. The molecule has 0 radical (unpaired) electrons. The molecule has 2 aliphatic rings. The summed E-state index contributed by atoms with van der Waals surface area (Å²) in [7, 11) is 0. The van der Waals surface area contributed by atoms with E-state index in [9.17, 15) is 14.0 Å². The zero-order valence-electron chi connectivity index (χ0n) is 13.6. The number of halogens is 1. The average Bonchev–Trinajstić information content (AvgIpc) is 2.97. The topological polar surface area (TPSA) is 49.9 Å². The first kappa shape index (κ1) is 15.8. The molecular weight excluding hydrogens is 299 g/mol. The van der Waals surface area contributed by atoms with Crippen molar-refractivity contribution in [3.63, 3.8) is 0 Å². The van der Waals surface area contributed by atoms with Crippen molar-refractivity contribution < 1.29 is 18.7 Å². The fourth-order valence-electron chi connectivity index (χ4n) is 3.21. The van der Waals surface area contributed by atoms with Crippen LogP contribution in [0, 0.1) is 5.82 Å². The van der Waals surface area contributed by atoms with Gasteiger partial charge in [0.05, 0.1) is 6.04 Å². The summed E-state index contributed by atoms with van der Waals surface area (Å²) in [6.07, 6.45) is 0.177. The van der Waals surface area contributed by atoms with E-state index in [1.165, 1.54) is 17.0 Å². The van der Waals surface area contributed by atoms with Crippen LogP contribution in [-0.2, 0) is 16.1 Å². The first-order valence-electron chi connectivity index (χ1n) is 7.79. The van der Waals surface area contributed by atoms with Gasteiger partial charge in [0.15, 0.2) is 0 Å². The van der Waals surface area contributed by atoms with Crippen molar-refractivity contribution in [3.8, 4) is 0 Å². The molecule has 5 nitrogen and oxygen atoms in total. The van der Waals surface area contributed by atoms with E-state index in [-0.39, 0.29) is 17.8 Å². The second-order valence-corrected chi connectivity index (χ2v) is 7.13. The van der Waals surface area contributed by atoms with Gasteiger partial charge in [-0.1, -0.05) is 12.1 Å². The van der Waals surface area contributed by atoms with Crippen LogP contribution in [0.3, 0.4) is 0 Å². The third kappa shape index (κ3) is 3.16. The lowest BCUT2D eigenvalue weighted by Gasteiger charge is -2.34. The minimum Gasteiger partial charge on any atom is -0.444 e. The Bertz CT molecular complexity index is 641. The average molecular weight is 320 g/mol. The molecule has 2 fully saturated rings. The van der Waals surface area contributed by atoms with Crippen LogP contribution in [0.1, 0.15) is 32.8 Å². The van der Waals surface area contributed by atoms with Gasteiger partial charge in [0, 0.05) is 13.1 Å². The van der Waals surface area contributed by atoms with E-state index in [0.29, 0.717) is 19.5 Å². The van der Waals surface area contributed by atoms with Crippen LogP contribution in [-0.4, -0.2) is 46.0 Å². The summed E-state index contributed by atoms with van der Waals surface area (Å²) >= 11 is 0. The molecule has 0 unspecified atom stereocenters. The molecule has 1 aromatic carbocycles. The predicted molar refractivity (Wildman–Crippen MR) is 82.1 cm³/mol. The van der Waals surface area contributed by atoms with E-state index in [1.807, 2.05) is 0 Å². The Morgan fingerprint density at radius 3 is 2.74 bits per heavy atom. The van der Waals surface area contributed by atoms with Crippen LogP contribution >= 0.6 is 0 Å². The van der Waals surface area contributed by atoms with Gasteiger partial charge in [-0.2, -0.15) is 0 Å². The molecule has 1 aromatic rings. The Labute approximate surface area is 135 Å². The van der Waals surface area contributed by atoms with Gasteiger partial charge in [-0.05, 0) is 44.9 Å². The minimum absolute atomic E-state index is 0.0247. The smallest absolute Gasteiger partial charge is 0.411 e. The fraction of sp³-hybridized carbons (Fsp3) is 0.529. The molecule has 0 N–H and O–H groups in total. The molecule has 2 amide bonds. The van der Waals surface area contributed by atoms with Crippen LogP contribution in [0.25, 0.3) is 0 Å². The number of fused-ring (bicyclic) bond motifs is 2. The number of carbonyl (C=O) groups excluding carboxylic acids is 2. The maximum atomic E-state index is 13.3. The molecule has 0 spiro atoms. The number of hydrogen-bond donors (Lipinski definition) is 0. The van der Waals surface area contributed by atoms with Crippen molar-refractivity contribution in [2.75, 3.05) is 6.54 Å². The van der Waals surface area contributed by atoms with Gasteiger partial charge < -0.3 is 9.64 Å². The molecule has 0 aliphatic carbocycles. The van der Waals surface area contributed by atoms with E-state index in [2.05, 4.69) is 0 Å². The molecule has 2 atom stereocenters. The van der Waals surface area contributed by atoms with Crippen molar-refractivity contribution in [3.05, 3.63) is 35.6 Å². The first-order chi connectivity index (χ1) is 10.7. The summed E-state index contributed by atoms with van der Waals surface area (Å²) in [5.74, 6) is -0.397. The molecule has 2 aliphatic heterocycles. The third-order valence-electron chi connectivity index (χ3n) is 4.16. The lowest BCUT2D eigenvalue weighted by Crippen LogP contribution is -2.52. The number of benzene rings is 1. The summed E-state index contributed by atoms with van der Waals surface area (Å²) in [5, 5.41) is 0. The van der Waals surface area contributed by atoms with Gasteiger partial charge in [0.25, 0.3) is 0 Å². The molecule has 0 aromatic heterocycles. The van der Waals surface area contributed by atoms with Gasteiger partial charge in [0.1, 0.15) is 17.5 Å². The highest BCUT2D eigenvalue weighted by molar-refractivity contribution is 5.89. The fourth-order valence-corrected chi connectivity index (χ4v) is 3.21. The van der Waals surface area contributed by atoms with E-state index in [4.69, 9.17) is 4.74 Å². The highest BCUT2D eigenvalue weighted by Crippen LogP contribution is 2.34. The predicted octanol–water partition coefficient (Wildman–Crippen LogP) is 2.55. The van der Waals surface area contributed by atoms with Gasteiger partial charge in [-0.3, -0.25) is 9.69 Å². The Morgan fingerprint density at radius 2 is 2.13 bits per heavy atom. The monoisotopic (exact) mass is 320 g/mol. The third-order valence-corrected chi connectivity index (χ3v) is 4.16. The van der Waals surface area contributed by atoms with Crippen LogP contribution in [0.4, 0.5) is 9.18 Å². The summed E-state index contributed by atoms with van der Waals surface area (Å²) in [6.45, 7) is 6.26. The zero-order chi connectivity index (χ0) is 16.8. The van der Waals surface area contributed by atoms with Crippen LogP contribution in [0.2, 0.25) is 0 Å². The van der Waals surface area contributed by atoms with Crippen molar-refractivity contribution in [2.24, 2.45) is 0 Å². The normalized spacial score (nSPS) is 23.6. The van der Waals surface area contributed by atoms with Crippen molar-refractivity contribution in [1.29, 1.82) is 0 Å². The maximum Gasteiger partial charge on any atom is 0.411 e. The minimum atomic E-state index is -0.580. The zero-order valence-corrected chi connectivity index (χ0v) is 13.6. The standard InChI is InChI=1S/C17H21FN2O3/c1-17(2,3)23-16(22)20-10-13-8-14(20)15(21)19(13)9-11-5-4-6-12(18)7-11/h4-7,13-14H,8-10H2,1-3H3/t13-,14-/m0/s1. The van der Waals surface area contributed by atoms with Gasteiger partial charge in [0.2, 0.25) is 5.91 Å². The molecule has 6 heteroatoms. The number of ether oxygens (including phenoxy) is 1. The van der Waals surface area contributed by atoms with Gasteiger partial charge in [-0.15, -0.1) is 0 Å². The molecule has 3 rings (SSSR count). The highest BCUT2D eigenvalue weighted by Gasteiger charge is 2.52. The van der Waals surface area contributed by atoms with Gasteiger partial charge in [-0.25, -0.2) is 9.18 Å². The van der Waals surface area contributed by atoms with Crippen LogP contribution in [0.5, 0.6) is 0 Å². The van der Waals surface area contributed by atoms with E-state index >= 15 is 0 Å². The summed E-state index contributed by atoms with van der Waals surface area (Å²) in [4.78, 5) is 28.0. The number of carbonyl (C=O) groups is 2. The van der Waals surface area contributed by atoms with Crippen molar-refractivity contribution in [2.45, 2.75) is 51.4 Å². The van der Waals surface area contributed by atoms with E-state index < -0.39 is 17.7 Å². The Hall–Kier alpha value is -2.11. The molecule has 0 saturated carbocycles. The maximum absolute atomic E-state index is 13.3. The summed E-state index contributed by atoms with van der Waals surface area (Å²) in [6, 6.07) is 5.77. The number of rotatable bonds is 2. The van der Waals surface area contributed by atoms with Crippen molar-refractivity contribution in [1.82, 2.24) is 9.80 Å². The first-order valence-corrected chi connectivity index (χ1v) is 7.79. The lowest BCUT2D eigenvalue weighted by molar-refractivity contribution is -0.137. The SMILES string of the molecule is CC(C)(C)OC(=O)N1C[C@@H]2C[C@H]1C(=O)N2Cc1cccc(F)c1. The molecule has 2 bridgehead atoms. The summed E-state index contributed by atoms with van der Waals surface area (Å²) in [5.41, 5.74) is 0.179. The molecular formula is C17H21FN2O3. The van der Waals surface area contributed by atoms with E-state index in [1.54, 1.807) is 37.8 Å². The second-order valence-electron chi connectivity index (χ2n) is 7.13. The molecule has 2 saturated heterocycles.